The number of hydrazone groups is 1. The molecule has 2 aromatic carbocycles. The Kier molecular flexibility index (Phi) is 6.49. The Hall–Kier alpha value is -3.78. The Labute approximate surface area is 171 Å². The third-order valence-electron chi connectivity index (χ3n) is 3.80. The summed E-state index contributed by atoms with van der Waals surface area (Å²) in [7, 11) is 0. The standard InChI is InChI=1S/C21H18N4O3S/c1-14-6-4-7-15(12-14)23-19(26)17-9-2-3-10-18(17)24-20(27)21(28)25-22-13-16-8-5-11-29-16/h2-13H,1H3,(H,23,26)(H,24,27)(H,25,28)/b22-13+. The molecular formula is C21H18N4O3S. The molecule has 0 aliphatic heterocycles. The van der Waals surface area contributed by atoms with Gasteiger partial charge in [-0.25, -0.2) is 5.43 Å². The minimum Gasteiger partial charge on any atom is -0.322 e. The number of thiophene rings is 1. The van der Waals surface area contributed by atoms with Crippen LogP contribution < -0.4 is 16.1 Å². The Morgan fingerprint density at radius 1 is 0.931 bits per heavy atom. The lowest BCUT2D eigenvalue weighted by molar-refractivity contribution is -0.136. The van der Waals surface area contributed by atoms with E-state index in [2.05, 4.69) is 21.2 Å². The van der Waals surface area contributed by atoms with E-state index < -0.39 is 17.7 Å². The molecule has 1 aromatic heterocycles. The first-order chi connectivity index (χ1) is 14.0. The number of carbonyl (C=O) groups is 3. The van der Waals surface area contributed by atoms with Crippen LogP contribution in [0, 0.1) is 6.92 Å². The van der Waals surface area contributed by atoms with E-state index >= 15 is 0 Å². The lowest BCUT2D eigenvalue weighted by atomic mass is 10.1. The maximum Gasteiger partial charge on any atom is 0.329 e. The van der Waals surface area contributed by atoms with Gasteiger partial charge in [-0.1, -0.05) is 30.3 Å². The topological polar surface area (TPSA) is 99.7 Å². The molecule has 3 N–H and O–H groups in total. The van der Waals surface area contributed by atoms with Crippen LogP contribution in [0.5, 0.6) is 0 Å². The molecule has 0 radical (unpaired) electrons. The third-order valence-corrected chi connectivity index (χ3v) is 4.61. The molecule has 7 nitrogen and oxygen atoms in total. The number of hydrogen-bond acceptors (Lipinski definition) is 5. The van der Waals surface area contributed by atoms with Crippen molar-refractivity contribution >= 4 is 46.6 Å². The van der Waals surface area contributed by atoms with Gasteiger partial charge in [-0.3, -0.25) is 14.4 Å². The number of hydrogen-bond donors (Lipinski definition) is 3. The van der Waals surface area contributed by atoms with Gasteiger partial charge in [0.1, 0.15) is 0 Å². The molecule has 0 fully saturated rings. The number of aryl methyl sites for hydroxylation is 1. The van der Waals surface area contributed by atoms with Crippen molar-refractivity contribution in [2.75, 3.05) is 10.6 Å². The SMILES string of the molecule is Cc1cccc(NC(=O)c2ccccc2NC(=O)C(=O)N/N=C/c2cccs2)c1. The largest absolute Gasteiger partial charge is 0.329 e. The van der Waals surface area contributed by atoms with Gasteiger partial charge in [-0.2, -0.15) is 5.10 Å². The number of rotatable bonds is 5. The van der Waals surface area contributed by atoms with E-state index in [1.54, 1.807) is 30.3 Å². The fourth-order valence-corrected chi connectivity index (χ4v) is 3.05. The molecule has 0 bridgehead atoms. The second kappa shape index (κ2) is 9.43. The maximum atomic E-state index is 12.6. The first kappa shape index (κ1) is 20.0. The molecule has 0 unspecified atom stereocenters. The summed E-state index contributed by atoms with van der Waals surface area (Å²) in [5.41, 5.74) is 4.26. The van der Waals surface area contributed by atoms with Crippen LogP contribution in [0.15, 0.2) is 71.1 Å². The minimum absolute atomic E-state index is 0.222. The number of nitrogens with zero attached hydrogens (tertiary/aromatic N) is 1. The summed E-state index contributed by atoms with van der Waals surface area (Å²) in [6, 6.07) is 17.5. The molecule has 3 rings (SSSR count). The molecule has 0 atom stereocenters. The molecule has 0 spiro atoms. The van der Waals surface area contributed by atoms with Crippen LogP contribution in [0.4, 0.5) is 11.4 Å². The fourth-order valence-electron chi connectivity index (χ4n) is 2.46. The fraction of sp³-hybridized carbons (Fsp3) is 0.0476. The monoisotopic (exact) mass is 406 g/mol. The molecule has 1 heterocycles. The lowest BCUT2D eigenvalue weighted by Gasteiger charge is -2.11. The van der Waals surface area contributed by atoms with Gasteiger partial charge in [-0.05, 0) is 48.2 Å². The number of nitrogens with one attached hydrogen (secondary N) is 3. The highest BCUT2D eigenvalue weighted by Gasteiger charge is 2.17. The van der Waals surface area contributed by atoms with Crippen LogP contribution in [-0.4, -0.2) is 23.9 Å². The zero-order chi connectivity index (χ0) is 20.6. The van der Waals surface area contributed by atoms with Gasteiger partial charge in [-0.15, -0.1) is 11.3 Å². The second-order valence-corrected chi connectivity index (χ2v) is 7.02. The molecule has 3 aromatic rings. The van der Waals surface area contributed by atoms with Crippen LogP contribution >= 0.6 is 11.3 Å². The van der Waals surface area contributed by atoms with E-state index in [-0.39, 0.29) is 11.3 Å². The number of anilines is 2. The molecular weight excluding hydrogens is 388 g/mol. The van der Waals surface area contributed by atoms with Crippen LogP contribution in [-0.2, 0) is 9.59 Å². The second-order valence-electron chi connectivity index (χ2n) is 6.04. The van der Waals surface area contributed by atoms with Gasteiger partial charge < -0.3 is 10.6 Å². The first-order valence-electron chi connectivity index (χ1n) is 8.68. The summed E-state index contributed by atoms with van der Waals surface area (Å²) in [4.78, 5) is 37.6. The smallest absolute Gasteiger partial charge is 0.322 e. The highest BCUT2D eigenvalue weighted by atomic mass is 32.1. The van der Waals surface area contributed by atoms with E-state index in [9.17, 15) is 14.4 Å². The summed E-state index contributed by atoms with van der Waals surface area (Å²) in [5.74, 6) is -2.27. The van der Waals surface area contributed by atoms with Gasteiger partial charge in [0.2, 0.25) is 0 Å². The predicted octanol–water partition coefficient (Wildman–Crippen LogP) is 3.40. The van der Waals surface area contributed by atoms with E-state index in [0.29, 0.717) is 5.69 Å². The normalized spacial score (nSPS) is 10.5. The average molecular weight is 406 g/mol. The van der Waals surface area contributed by atoms with Gasteiger partial charge in [0.15, 0.2) is 0 Å². The van der Waals surface area contributed by atoms with Crippen molar-refractivity contribution in [3.8, 4) is 0 Å². The first-order valence-corrected chi connectivity index (χ1v) is 9.56. The van der Waals surface area contributed by atoms with E-state index in [1.807, 2.05) is 42.6 Å². The highest BCUT2D eigenvalue weighted by Crippen LogP contribution is 2.18. The van der Waals surface area contributed by atoms with Gasteiger partial charge in [0.25, 0.3) is 5.91 Å². The Balaban J connectivity index is 1.65. The Morgan fingerprint density at radius 3 is 2.52 bits per heavy atom. The molecule has 8 heteroatoms. The van der Waals surface area contributed by atoms with Gasteiger partial charge >= 0.3 is 11.8 Å². The summed E-state index contributed by atoms with van der Waals surface area (Å²) in [6.07, 6.45) is 1.44. The van der Waals surface area contributed by atoms with Gasteiger partial charge in [0.05, 0.1) is 17.5 Å². The van der Waals surface area contributed by atoms with E-state index in [4.69, 9.17) is 0 Å². The minimum atomic E-state index is -0.938. The van der Waals surface area contributed by atoms with Crippen molar-refractivity contribution in [2.24, 2.45) is 5.10 Å². The number of para-hydroxylation sites is 1. The molecule has 3 amide bonds. The van der Waals surface area contributed by atoms with Crippen LogP contribution in [0.1, 0.15) is 20.8 Å². The zero-order valence-electron chi connectivity index (χ0n) is 15.5. The Morgan fingerprint density at radius 2 is 1.76 bits per heavy atom. The van der Waals surface area contributed by atoms with Crippen LogP contribution in [0.25, 0.3) is 0 Å². The molecule has 29 heavy (non-hydrogen) atoms. The molecule has 0 aliphatic carbocycles. The van der Waals surface area contributed by atoms with Crippen molar-refractivity contribution in [3.05, 3.63) is 82.0 Å². The number of amides is 3. The van der Waals surface area contributed by atoms with E-state index in [1.165, 1.54) is 17.6 Å². The van der Waals surface area contributed by atoms with E-state index in [0.717, 1.165) is 10.4 Å². The quantitative estimate of drug-likeness (QED) is 0.344. The number of benzene rings is 2. The average Bonchev–Trinajstić information content (AvgIpc) is 3.21. The van der Waals surface area contributed by atoms with Crippen LogP contribution in [0.2, 0.25) is 0 Å². The van der Waals surface area contributed by atoms with Crippen molar-refractivity contribution in [2.45, 2.75) is 6.92 Å². The lowest BCUT2D eigenvalue weighted by Crippen LogP contribution is -2.33. The van der Waals surface area contributed by atoms with Gasteiger partial charge in [0, 0.05) is 10.6 Å². The van der Waals surface area contributed by atoms with Crippen LogP contribution in [0.3, 0.4) is 0 Å². The molecule has 0 aliphatic rings. The van der Waals surface area contributed by atoms with Crippen molar-refractivity contribution < 1.29 is 14.4 Å². The Bertz CT molecular complexity index is 1060. The summed E-state index contributed by atoms with van der Waals surface area (Å²) in [5, 5.41) is 10.8. The van der Waals surface area contributed by atoms with Crippen molar-refractivity contribution in [1.29, 1.82) is 0 Å². The summed E-state index contributed by atoms with van der Waals surface area (Å²) >= 11 is 1.45. The van der Waals surface area contributed by atoms with Crippen molar-refractivity contribution in [3.63, 3.8) is 0 Å². The molecule has 146 valence electrons. The summed E-state index contributed by atoms with van der Waals surface area (Å²) in [6.45, 7) is 1.92. The maximum absolute atomic E-state index is 12.6. The molecule has 0 saturated carbocycles. The highest BCUT2D eigenvalue weighted by molar-refractivity contribution is 7.11. The molecule has 0 saturated heterocycles. The summed E-state index contributed by atoms with van der Waals surface area (Å²) < 4.78 is 0. The van der Waals surface area contributed by atoms with Crippen molar-refractivity contribution in [1.82, 2.24) is 5.43 Å². The number of carbonyl (C=O) groups excluding carboxylic acids is 3. The third kappa shape index (κ3) is 5.60. The zero-order valence-corrected chi connectivity index (χ0v) is 16.3. The predicted molar refractivity (Wildman–Crippen MR) is 114 cm³/mol.